The Bertz CT molecular complexity index is 2780. The van der Waals surface area contributed by atoms with Gasteiger partial charge in [-0.2, -0.15) is 0 Å². The molecule has 0 bridgehead atoms. The van der Waals surface area contributed by atoms with E-state index in [1.807, 2.05) is 0 Å². The maximum absolute atomic E-state index is 6.43. The molecule has 9 aromatic carbocycles. The zero-order valence-electron chi connectivity index (χ0n) is 23.3. The standard InChI is InChI=1S/C42H24O/c1-2-11-26-24-39-37(22-25(26)10-1)40-28(18-9-19-38(40)43-39)27-20-21-35-36(23-27)31-14-5-8-17-34(31)41-32-15-6-3-12-29(32)30-13-4-7-16-33(30)42(35)41/h1-24H. The molecule has 1 heteroatoms. The van der Waals surface area contributed by atoms with Gasteiger partial charge in [0.2, 0.25) is 0 Å². The Morgan fingerprint density at radius 1 is 0.302 bits per heavy atom. The third-order valence-corrected chi connectivity index (χ3v) is 9.38. The molecule has 0 fully saturated rings. The summed E-state index contributed by atoms with van der Waals surface area (Å²) in [4.78, 5) is 0. The molecule has 1 nitrogen and oxygen atoms in total. The molecular formula is C42H24O. The van der Waals surface area contributed by atoms with Gasteiger partial charge in [0.25, 0.3) is 0 Å². The summed E-state index contributed by atoms with van der Waals surface area (Å²) in [5, 5.41) is 17.8. The number of hydrogen-bond acceptors (Lipinski definition) is 1. The normalized spacial score (nSPS) is 12.2. The zero-order chi connectivity index (χ0) is 28.1. The summed E-state index contributed by atoms with van der Waals surface area (Å²) >= 11 is 0. The Kier molecular flexibility index (Phi) is 4.51. The summed E-state index contributed by atoms with van der Waals surface area (Å²) in [5.41, 5.74) is 4.24. The molecule has 0 saturated heterocycles. The van der Waals surface area contributed by atoms with Crippen molar-refractivity contribution in [2.24, 2.45) is 0 Å². The summed E-state index contributed by atoms with van der Waals surface area (Å²) in [6, 6.07) is 53.1. The topological polar surface area (TPSA) is 13.1 Å². The molecule has 0 spiro atoms. The van der Waals surface area contributed by atoms with Crippen LogP contribution in [0.25, 0.3) is 97.7 Å². The summed E-state index contributed by atoms with van der Waals surface area (Å²) in [5.74, 6) is 0. The highest BCUT2D eigenvalue weighted by Gasteiger charge is 2.18. The summed E-state index contributed by atoms with van der Waals surface area (Å²) in [6.07, 6.45) is 0. The summed E-state index contributed by atoms with van der Waals surface area (Å²) in [7, 11) is 0. The Hall–Kier alpha value is -5.66. The van der Waals surface area contributed by atoms with Gasteiger partial charge in [-0.05, 0) is 100 Å². The molecule has 10 rings (SSSR count). The largest absolute Gasteiger partial charge is 0.456 e. The number of benzene rings is 9. The molecule has 0 unspecified atom stereocenters. The molecule has 0 aliphatic carbocycles. The number of rotatable bonds is 1. The molecule has 10 aromatic rings. The van der Waals surface area contributed by atoms with Crippen LogP contribution in [-0.2, 0) is 0 Å². The van der Waals surface area contributed by atoms with Crippen LogP contribution in [0, 0.1) is 0 Å². The van der Waals surface area contributed by atoms with Gasteiger partial charge in [-0.3, -0.25) is 0 Å². The van der Waals surface area contributed by atoms with E-state index in [1.54, 1.807) is 0 Å². The van der Waals surface area contributed by atoms with Crippen molar-refractivity contribution < 1.29 is 4.42 Å². The lowest BCUT2D eigenvalue weighted by Gasteiger charge is -2.17. The Balaban J connectivity index is 1.36. The molecule has 0 saturated carbocycles. The van der Waals surface area contributed by atoms with Crippen molar-refractivity contribution in [1.29, 1.82) is 0 Å². The van der Waals surface area contributed by atoms with Gasteiger partial charge in [0, 0.05) is 10.8 Å². The first-order valence-corrected chi connectivity index (χ1v) is 14.9. The molecule has 0 aliphatic rings. The molecule has 0 N–H and O–H groups in total. The van der Waals surface area contributed by atoms with Crippen LogP contribution in [0.1, 0.15) is 0 Å². The summed E-state index contributed by atoms with van der Waals surface area (Å²) in [6.45, 7) is 0. The molecule has 0 amide bonds. The van der Waals surface area contributed by atoms with E-state index in [0.717, 1.165) is 16.6 Å². The SMILES string of the molecule is c1ccc2cc3c(cc2c1)oc1cccc(-c2ccc4c(c2)c2ccccc2c2c5ccccc5c5ccccc5c42)c13. The highest BCUT2D eigenvalue weighted by Crippen LogP contribution is 2.45. The summed E-state index contributed by atoms with van der Waals surface area (Å²) < 4.78 is 6.43. The van der Waals surface area contributed by atoms with Crippen molar-refractivity contribution in [2.75, 3.05) is 0 Å². The quantitative estimate of drug-likeness (QED) is 0.187. The van der Waals surface area contributed by atoms with E-state index in [4.69, 9.17) is 4.42 Å². The van der Waals surface area contributed by atoms with E-state index in [1.165, 1.54) is 81.1 Å². The zero-order valence-corrected chi connectivity index (χ0v) is 23.3. The van der Waals surface area contributed by atoms with Gasteiger partial charge in [-0.15, -0.1) is 0 Å². The van der Waals surface area contributed by atoms with E-state index in [2.05, 4.69) is 146 Å². The first kappa shape index (κ1) is 23.0. The van der Waals surface area contributed by atoms with Gasteiger partial charge >= 0.3 is 0 Å². The van der Waals surface area contributed by atoms with Gasteiger partial charge in [0.15, 0.2) is 0 Å². The van der Waals surface area contributed by atoms with Crippen LogP contribution in [0.2, 0.25) is 0 Å². The molecular weight excluding hydrogens is 520 g/mol. The minimum atomic E-state index is 0.920. The maximum Gasteiger partial charge on any atom is 0.136 e. The van der Waals surface area contributed by atoms with Gasteiger partial charge in [-0.1, -0.05) is 121 Å². The van der Waals surface area contributed by atoms with Crippen LogP contribution in [0.15, 0.2) is 150 Å². The van der Waals surface area contributed by atoms with Gasteiger partial charge in [0.05, 0.1) is 0 Å². The molecule has 1 heterocycles. The third kappa shape index (κ3) is 3.11. The second-order valence-electron chi connectivity index (χ2n) is 11.6. The lowest BCUT2D eigenvalue weighted by atomic mass is 9.86. The Morgan fingerprint density at radius 3 is 1.49 bits per heavy atom. The third-order valence-electron chi connectivity index (χ3n) is 9.38. The number of furan rings is 1. The molecule has 198 valence electrons. The number of fused-ring (bicyclic) bond motifs is 15. The highest BCUT2D eigenvalue weighted by atomic mass is 16.3. The van der Waals surface area contributed by atoms with Crippen LogP contribution in [0.3, 0.4) is 0 Å². The van der Waals surface area contributed by atoms with E-state index < -0.39 is 0 Å². The second-order valence-corrected chi connectivity index (χ2v) is 11.6. The van der Waals surface area contributed by atoms with Gasteiger partial charge in [0.1, 0.15) is 11.2 Å². The van der Waals surface area contributed by atoms with E-state index in [9.17, 15) is 0 Å². The molecule has 43 heavy (non-hydrogen) atoms. The fourth-order valence-corrected chi connectivity index (χ4v) is 7.54. The van der Waals surface area contributed by atoms with E-state index >= 15 is 0 Å². The van der Waals surface area contributed by atoms with Crippen LogP contribution >= 0.6 is 0 Å². The monoisotopic (exact) mass is 544 g/mol. The molecule has 0 radical (unpaired) electrons. The maximum atomic E-state index is 6.43. The molecule has 0 aliphatic heterocycles. The Morgan fingerprint density at radius 2 is 0.837 bits per heavy atom. The first-order valence-electron chi connectivity index (χ1n) is 14.9. The Labute approximate surface area is 247 Å². The van der Waals surface area contributed by atoms with Crippen LogP contribution in [-0.4, -0.2) is 0 Å². The van der Waals surface area contributed by atoms with Crippen molar-refractivity contribution in [3.8, 4) is 11.1 Å². The van der Waals surface area contributed by atoms with Crippen LogP contribution in [0.4, 0.5) is 0 Å². The smallest absolute Gasteiger partial charge is 0.136 e. The lowest BCUT2D eigenvalue weighted by molar-refractivity contribution is 0.669. The predicted molar refractivity (Wildman–Crippen MR) is 184 cm³/mol. The average Bonchev–Trinajstić information content (AvgIpc) is 3.44. The number of hydrogen-bond donors (Lipinski definition) is 0. The van der Waals surface area contributed by atoms with E-state index in [0.29, 0.717) is 0 Å². The average molecular weight is 545 g/mol. The van der Waals surface area contributed by atoms with Crippen molar-refractivity contribution in [3.63, 3.8) is 0 Å². The van der Waals surface area contributed by atoms with Crippen molar-refractivity contribution in [1.82, 2.24) is 0 Å². The van der Waals surface area contributed by atoms with E-state index in [-0.39, 0.29) is 0 Å². The minimum Gasteiger partial charge on any atom is -0.456 e. The van der Waals surface area contributed by atoms with Crippen molar-refractivity contribution in [2.45, 2.75) is 0 Å². The lowest BCUT2D eigenvalue weighted by Crippen LogP contribution is -1.89. The fourth-order valence-electron chi connectivity index (χ4n) is 7.54. The minimum absolute atomic E-state index is 0.920. The second kappa shape index (κ2) is 8.44. The fraction of sp³-hybridized carbons (Fsp3) is 0. The molecule has 1 aromatic heterocycles. The van der Waals surface area contributed by atoms with Crippen LogP contribution < -0.4 is 0 Å². The van der Waals surface area contributed by atoms with Crippen LogP contribution in [0.5, 0.6) is 0 Å². The van der Waals surface area contributed by atoms with Crippen molar-refractivity contribution in [3.05, 3.63) is 146 Å². The highest BCUT2D eigenvalue weighted by molar-refractivity contribution is 6.39. The van der Waals surface area contributed by atoms with Crippen molar-refractivity contribution >= 4 is 86.6 Å². The van der Waals surface area contributed by atoms with Gasteiger partial charge < -0.3 is 4.42 Å². The van der Waals surface area contributed by atoms with Gasteiger partial charge in [-0.25, -0.2) is 0 Å². The first-order chi connectivity index (χ1) is 21.3. The molecule has 0 atom stereocenters. The predicted octanol–water partition coefficient (Wildman–Crippen LogP) is 12.2.